The second-order valence-electron chi connectivity index (χ2n) is 5.46. The summed E-state index contributed by atoms with van der Waals surface area (Å²) < 4.78 is 26.3. The zero-order chi connectivity index (χ0) is 18.7. The van der Waals surface area contributed by atoms with Gasteiger partial charge in [-0.25, -0.2) is 18.7 Å². The lowest BCUT2D eigenvalue weighted by Crippen LogP contribution is -2.15. The number of anilines is 3. The summed E-state index contributed by atoms with van der Waals surface area (Å²) in [7, 11) is 0. The van der Waals surface area contributed by atoms with E-state index in [1.165, 1.54) is 18.5 Å². The minimum Gasteiger partial charge on any atom is -0.340 e. The van der Waals surface area contributed by atoms with Crippen LogP contribution < -0.4 is 10.6 Å². The number of rotatable bonds is 4. The van der Waals surface area contributed by atoms with E-state index in [0.29, 0.717) is 16.4 Å². The van der Waals surface area contributed by atoms with E-state index in [2.05, 4.69) is 20.6 Å². The van der Waals surface area contributed by atoms with Crippen molar-refractivity contribution in [2.45, 2.75) is 6.92 Å². The molecule has 1 heterocycles. The van der Waals surface area contributed by atoms with E-state index in [0.717, 1.165) is 17.7 Å². The molecule has 0 saturated heterocycles. The Hall–Kier alpha value is -3.06. The first-order valence-electron chi connectivity index (χ1n) is 7.54. The summed E-state index contributed by atoms with van der Waals surface area (Å²) in [6, 6.07) is 9.89. The highest BCUT2D eigenvalue weighted by Crippen LogP contribution is 2.21. The second kappa shape index (κ2) is 7.45. The Morgan fingerprint density at radius 3 is 2.62 bits per heavy atom. The summed E-state index contributed by atoms with van der Waals surface area (Å²) in [5.41, 5.74) is 1.80. The largest absolute Gasteiger partial charge is 0.340 e. The lowest BCUT2D eigenvalue weighted by molar-refractivity contribution is 0.102. The first kappa shape index (κ1) is 17.8. The lowest BCUT2D eigenvalue weighted by atomic mass is 10.2. The van der Waals surface area contributed by atoms with Crippen LogP contribution >= 0.6 is 11.6 Å². The number of aromatic nitrogens is 2. The maximum atomic E-state index is 13.3. The van der Waals surface area contributed by atoms with Crippen LogP contribution in [0.5, 0.6) is 0 Å². The number of hydrogen-bond acceptors (Lipinski definition) is 4. The molecule has 0 radical (unpaired) electrons. The van der Waals surface area contributed by atoms with Crippen LogP contribution in [0, 0.1) is 18.6 Å². The quantitative estimate of drug-likeness (QED) is 0.694. The molecule has 0 aliphatic rings. The molecule has 0 aliphatic heterocycles. The average Bonchev–Trinajstić information content (AvgIpc) is 2.61. The Bertz CT molecular complexity index is 981. The monoisotopic (exact) mass is 374 g/mol. The fourth-order valence-corrected chi connectivity index (χ4v) is 2.36. The number of amides is 1. The molecule has 0 atom stereocenters. The van der Waals surface area contributed by atoms with Crippen molar-refractivity contribution in [1.82, 2.24) is 9.97 Å². The molecule has 8 heteroatoms. The topological polar surface area (TPSA) is 66.9 Å². The molecule has 26 heavy (non-hydrogen) atoms. The van der Waals surface area contributed by atoms with Crippen molar-refractivity contribution in [2.24, 2.45) is 0 Å². The average molecular weight is 375 g/mol. The van der Waals surface area contributed by atoms with Crippen LogP contribution in [-0.4, -0.2) is 15.9 Å². The van der Waals surface area contributed by atoms with Crippen molar-refractivity contribution in [3.05, 3.63) is 76.7 Å². The van der Waals surface area contributed by atoms with Crippen molar-refractivity contribution < 1.29 is 13.6 Å². The van der Waals surface area contributed by atoms with Crippen LogP contribution in [0.2, 0.25) is 5.02 Å². The van der Waals surface area contributed by atoms with E-state index in [4.69, 9.17) is 11.6 Å². The van der Waals surface area contributed by atoms with Gasteiger partial charge in [-0.05, 0) is 36.8 Å². The molecule has 132 valence electrons. The standard InChI is InChI=1S/C18H13ClF2N4O/c1-10-2-3-11(19)6-15(10)25-18(26)16-8-17(23-9-22-16)24-12-4-5-13(20)14(21)7-12/h2-9H,1H3,(H,25,26)(H,22,23,24). The van der Waals surface area contributed by atoms with Gasteiger partial charge in [0.25, 0.3) is 5.91 Å². The van der Waals surface area contributed by atoms with Gasteiger partial charge in [0, 0.05) is 28.5 Å². The Morgan fingerprint density at radius 1 is 1.04 bits per heavy atom. The van der Waals surface area contributed by atoms with Crippen molar-refractivity contribution in [2.75, 3.05) is 10.6 Å². The van der Waals surface area contributed by atoms with E-state index >= 15 is 0 Å². The van der Waals surface area contributed by atoms with Crippen LogP contribution in [-0.2, 0) is 0 Å². The van der Waals surface area contributed by atoms with Gasteiger partial charge in [0.15, 0.2) is 11.6 Å². The third kappa shape index (κ3) is 4.12. The normalized spacial score (nSPS) is 10.5. The SMILES string of the molecule is Cc1ccc(Cl)cc1NC(=O)c1cc(Nc2ccc(F)c(F)c2)ncn1. The number of nitrogens with zero attached hydrogens (tertiary/aromatic N) is 2. The third-order valence-corrected chi connectivity index (χ3v) is 3.77. The lowest BCUT2D eigenvalue weighted by Gasteiger charge is -2.10. The van der Waals surface area contributed by atoms with E-state index < -0.39 is 17.5 Å². The van der Waals surface area contributed by atoms with Gasteiger partial charge >= 0.3 is 0 Å². The third-order valence-electron chi connectivity index (χ3n) is 3.54. The molecule has 0 spiro atoms. The molecule has 0 aliphatic carbocycles. The molecule has 0 fully saturated rings. The van der Waals surface area contributed by atoms with Gasteiger partial charge in [-0.1, -0.05) is 17.7 Å². The van der Waals surface area contributed by atoms with Crippen LogP contribution in [0.3, 0.4) is 0 Å². The molecule has 5 nitrogen and oxygen atoms in total. The minimum absolute atomic E-state index is 0.101. The van der Waals surface area contributed by atoms with Gasteiger partial charge in [0.2, 0.25) is 0 Å². The summed E-state index contributed by atoms with van der Waals surface area (Å²) in [6.07, 6.45) is 1.20. The highest BCUT2D eigenvalue weighted by molar-refractivity contribution is 6.31. The highest BCUT2D eigenvalue weighted by atomic mass is 35.5. The van der Waals surface area contributed by atoms with Crippen molar-refractivity contribution in [3.63, 3.8) is 0 Å². The Kier molecular flexibility index (Phi) is 5.09. The fraction of sp³-hybridized carbons (Fsp3) is 0.0556. The molecule has 0 unspecified atom stereocenters. The van der Waals surface area contributed by atoms with Gasteiger partial charge in [-0.2, -0.15) is 0 Å². The molecule has 2 N–H and O–H groups in total. The van der Waals surface area contributed by atoms with E-state index in [1.807, 2.05) is 6.92 Å². The number of halogens is 3. The van der Waals surface area contributed by atoms with Gasteiger partial charge in [0.1, 0.15) is 17.8 Å². The Labute approximate surface area is 153 Å². The van der Waals surface area contributed by atoms with Crippen LogP contribution in [0.15, 0.2) is 48.8 Å². The number of carbonyl (C=O) groups excluding carboxylic acids is 1. The van der Waals surface area contributed by atoms with Gasteiger partial charge in [0.05, 0.1) is 0 Å². The molecular formula is C18H13ClF2N4O. The predicted octanol–water partition coefficient (Wildman–Crippen LogP) is 4.71. The molecule has 1 aromatic heterocycles. The molecule has 3 rings (SSSR count). The van der Waals surface area contributed by atoms with E-state index in [-0.39, 0.29) is 11.5 Å². The molecule has 0 bridgehead atoms. The minimum atomic E-state index is -0.988. The first-order chi connectivity index (χ1) is 12.4. The predicted molar refractivity (Wildman–Crippen MR) is 95.8 cm³/mol. The van der Waals surface area contributed by atoms with E-state index in [9.17, 15) is 13.6 Å². The summed E-state index contributed by atoms with van der Waals surface area (Å²) in [4.78, 5) is 20.3. The Morgan fingerprint density at radius 2 is 1.85 bits per heavy atom. The summed E-state index contributed by atoms with van der Waals surface area (Å²) in [5.74, 6) is -2.13. The van der Waals surface area contributed by atoms with E-state index in [1.54, 1.807) is 18.2 Å². The second-order valence-corrected chi connectivity index (χ2v) is 5.89. The highest BCUT2D eigenvalue weighted by Gasteiger charge is 2.11. The first-order valence-corrected chi connectivity index (χ1v) is 7.92. The number of nitrogens with one attached hydrogen (secondary N) is 2. The number of aryl methyl sites for hydroxylation is 1. The van der Waals surface area contributed by atoms with Crippen LogP contribution in [0.1, 0.15) is 16.1 Å². The van der Waals surface area contributed by atoms with Crippen molar-refractivity contribution >= 4 is 34.7 Å². The Balaban J connectivity index is 1.78. The molecule has 2 aromatic carbocycles. The maximum absolute atomic E-state index is 13.3. The number of benzene rings is 2. The molecule has 3 aromatic rings. The van der Waals surface area contributed by atoms with Gasteiger partial charge in [-0.15, -0.1) is 0 Å². The number of hydrogen-bond donors (Lipinski definition) is 2. The van der Waals surface area contributed by atoms with Crippen molar-refractivity contribution in [1.29, 1.82) is 0 Å². The van der Waals surface area contributed by atoms with Gasteiger partial charge < -0.3 is 10.6 Å². The van der Waals surface area contributed by atoms with Crippen LogP contribution in [0.25, 0.3) is 0 Å². The zero-order valence-corrected chi connectivity index (χ0v) is 14.3. The number of carbonyl (C=O) groups is 1. The smallest absolute Gasteiger partial charge is 0.274 e. The maximum Gasteiger partial charge on any atom is 0.274 e. The summed E-state index contributed by atoms with van der Waals surface area (Å²) in [6.45, 7) is 1.84. The molecule has 0 saturated carbocycles. The fourth-order valence-electron chi connectivity index (χ4n) is 2.19. The van der Waals surface area contributed by atoms with Crippen LogP contribution in [0.4, 0.5) is 26.0 Å². The zero-order valence-electron chi connectivity index (χ0n) is 13.6. The summed E-state index contributed by atoms with van der Waals surface area (Å²) in [5, 5.41) is 6.01. The van der Waals surface area contributed by atoms with Gasteiger partial charge in [-0.3, -0.25) is 4.79 Å². The van der Waals surface area contributed by atoms with Crippen molar-refractivity contribution in [3.8, 4) is 0 Å². The molecule has 1 amide bonds. The molecular weight excluding hydrogens is 362 g/mol. The summed E-state index contributed by atoms with van der Waals surface area (Å²) >= 11 is 5.94.